The van der Waals surface area contributed by atoms with Gasteiger partial charge in [-0.3, -0.25) is 4.79 Å². The number of nitriles is 1. The number of hydrogen-bond acceptors (Lipinski definition) is 4. The van der Waals surface area contributed by atoms with E-state index in [-0.39, 0.29) is 17.7 Å². The number of para-hydroxylation sites is 1. The Balaban J connectivity index is 1.68. The van der Waals surface area contributed by atoms with Crippen LogP contribution in [0.2, 0.25) is 0 Å². The Kier molecular flexibility index (Phi) is 3.79. The number of carbonyl (C=O) groups is 1. The molecule has 1 fully saturated rings. The number of hydrogen-bond donors (Lipinski definition) is 1. The van der Waals surface area contributed by atoms with Crippen LogP contribution in [0.1, 0.15) is 6.92 Å². The fourth-order valence-corrected chi connectivity index (χ4v) is 2.74. The summed E-state index contributed by atoms with van der Waals surface area (Å²) in [6.45, 7) is 3.10. The zero-order valence-corrected chi connectivity index (χ0v) is 12.3. The summed E-state index contributed by atoms with van der Waals surface area (Å²) in [6, 6.07) is 9.79. The fraction of sp³-hybridized carbons (Fsp3) is 0.312. The van der Waals surface area contributed by atoms with Crippen LogP contribution in [0.4, 0.5) is 5.82 Å². The second kappa shape index (κ2) is 5.90. The molecule has 0 radical (unpaired) electrons. The lowest BCUT2D eigenvalue weighted by Crippen LogP contribution is -2.28. The summed E-state index contributed by atoms with van der Waals surface area (Å²) in [5.41, 5.74) is 0.986. The van der Waals surface area contributed by atoms with E-state index in [0.29, 0.717) is 18.9 Å². The highest BCUT2D eigenvalue weighted by atomic mass is 16.2. The first-order valence-electron chi connectivity index (χ1n) is 7.22. The Bertz CT molecular complexity index is 703. The van der Waals surface area contributed by atoms with E-state index >= 15 is 0 Å². The zero-order valence-electron chi connectivity index (χ0n) is 12.3. The van der Waals surface area contributed by atoms with Crippen molar-refractivity contribution in [2.24, 2.45) is 11.8 Å². The van der Waals surface area contributed by atoms with Crippen molar-refractivity contribution in [1.82, 2.24) is 14.5 Å². The number of likely N-dealkylation sites (tertiary alicyclic amines) is 1. The standard InChI is InChI=1S/C16H17N5O/c1-12-7-20(10-17)8-14(12)16(22)19-15-9-21(11-18-15)13-5-3-2-4-6-13/h2-6,9,11-12,14H,7-8H2,1H3,(H,19,22). The van der Waals surface area contributed by atoms with Crippen LogP contribution in [0.15, 0.2) is 42.9 Å². The van der Waals surface area contributed by atoms with Crippen LogP contribution in [-0.4, -0.2) is 33.4 Å². The van der Waals surface area contributed by atoms with E-state index < -0.39 is 0 Å². The highest BCUT2D eigenvalue weighted by Gasteiger charge is 2.34. The average molecular weight is 295 g/mol. The molecule has 2 heterocycles. The van der Waals surface area contributed by atoms with Crippen molar-refractivity contribution in [1.29, 1.82) is 5.26 Å². The summed E-state index contributed by atoms with van der Waals surface area (Å²) in [5.74, 6) is 0.428. The van der Waals surface area contributed by atoms with E-state index in [1.54, 1.807) is 17.4 Å². The maximum absolute atomic E-state index is 12.3. The van der Waals surface area contributed by atoms with Gasteiger partial charge in [0, 0.05) is 18.8 Å². The Morgan fingerprint density at radius 2 is 2.14 bits per heavy atom. The first-order chi connectivity index (χ1) is 10.7. The van der Waals surface area contributed by atoms with Crippen molar-refractivity contribution in [3.05, 3.63) is 42.9 Å². The quantitative estimate of drug-likeness (QED) is 0.877. The fourth-order valence-electron chi connectivity index (χ4n) is 2.74. The molecule has 0 saturated carbocycles. The molecule has 1 aliphatic heterocycles. The third kappa shape index (κ3) is 2.79. The van der Waals surface area contributed by atoms with Crippen molar-refractivity contribution < 1.29 is 4.79 Å². The number of aromatic nitrogens is 2. The Morgan fingerprint density at radius 1 is 1.36 bits per heavy atom. The largest absolute Gasteiger partial charge is 0.310 e. The minimum absolute atomic E-state index is 0.0800. The SMILES string of the molecule is CC1CN(C#N)CC1C(=O)Nc1cn(-c2ccccc2)cn1. The predicted octanol–water partition coefficient (Wildman–Crippen LogP) is 1.86. The minimum Gasteiger partial charge on any atom is -0.310 e. The molecule has 2 unspecified atom stereocenters. The molecule has 6 nitrogen and oxygen atoms in total. The van der Waals surface area contributed by atoms with Crippen LogP contribution in [0.5, 0.6) is 0 Å². The number of nitrogens with zero attached hydrogens (tertiary/aromatic N) is 4. The predicted molar refractivity (Wildman–Crippen MR) is 82.0 cm³/mol. The molecule has 0 spiro atoms. The molecule has 1 saturated heterocycles. The van der Waals surface area contributed by atoms with E-state index in [9.17, 15) is 4.79 Å². The van der Waals surface area contributed by atoms with Crippen LogP contribution in [0.3, 0.4) is 0 Å². The molecule has 1 aliphatic rings. The Hall–Kier alpha value is -2.81. The number of nitrogens with one attached hydrogen (secondary N) is 1. The first kappa shape index (κ1) is 14.1. The van der Waals surface area contributed by atoms with Crippen molar-refractivity contribution in [3.8, 4) is 11.9 Å². The van der Waals surface area contributed by atoms with Crippen molar-refractivity contribution in [2.45, 2.75) is 6.92 Å². The summed E-state index contributed by atoms with van der Waals surface area (Å²) < 4.78 is 1.86. The molecule has 3 rings (SSSR count). The summed E-state index contributed by atoms with van der Waals surface area (Å²) in [7, 11) is 0. The van der Waals surface area contributed by atoms with Gasteiger partial charge in [0.15, 0.2) is 12.0 Å². The summed E-state index contributed by atoms with van der Waals surface area (Å²) in [4.78, 5) is 18.2. The van der Waals surface area contributed by atoms with Gasteiger partial charge in [0.05, 0.1) is 12.1 Å². The third-order valence-electron chi connectivity index (χ3n) is 3.98. The number of benzene rings is 1. The molecule has 0 bridgehead atoms. The third-order valence-corrected chi connectivity index (χ3v) is 3.98. The average Bonchev–Trinajstić information content (AvgIpc) is 3.14. The lowest BCUT2D eigenvalue weighted by atomic mass is 9.97. The highest BCUT2D eigenvalue weighted by molar-refractivity contribution is 5.92. The molecule has 22 heavy (non-hydrogen) atoms. The normalized spacial score (nSPS) is 20.6. The van der Waals surface area contributed by atoms with Gasteiger partial charge in [-0.1, -0.05) is 25.1 Å². The van der Waals surface area contributed by atoms with Crippen molar-refractivity contribution in [2.75, 3.05) is 18.4 Å². The van der Waals surface area contributed by atoms with Gasteiger partial charge in [0.2, 0.25) is 5.91 Å². The van der Waals surface area contributed by atoms with Crippen LogP contribution in [0.25, 0.3) is 5.69 Å². The van der Waals surface area contributed by atoms with Gasteiger partial charge in [-0.15, -0.1) is 0 Å². The number of imidazole rings is 1. The summed E-state index contributed by atoms with van der Waals surface area (Å²) in [6.07, 6.45) is 5.56. The van der Waals surface area contributed by atoms with Gasteiger partial charge < -0.3 is 14.8 Å². The molecule has 1 N–H and O–H groups in total. The lowest BCUT2D eigenvalue weighted by molar-refractivity contribution is -0.120. The van der Waals surface area contributed by atoms with Gasteiger partial charge in [0.25, 0.3) is 0 Å². The topological polar surface area (TPSA) is 74.0 Å². The Morgan fingerprint density at radius 3 is 2.82 bits per heavy atom. The van der Waals surface area contributed by atoms with Crippen LogP contribution in [0, 0.1) is 23.3 Å². The van der Waals surface area contributed by atoms with Crippen molar-refractivity contribution in [3.63, 3.8) is 0 Å². The maximum atomic E-state index is 12.3. The molecule has 6 heteroatoms. The van der Waals surface area contributed by atoms with E-state index in [1.807, 2.05) is 41.8 Å². The van der Waals surface area contributed by atoms with Crippen LogP contribution in [-0.2, 0) is 4.79 Å². The molecule has 2 atom stereocenters. The zero-order chi connectivity index (χ0) is 15.5. The van der Waals surface area contributed by atoms with Gasteiger partial charge >= 0.3 is 0 Å². The first-order valence-corrected chi connectivity index (χ1v) is 7.22. The number of amides is 1. The number of carbonyl (C=O) groups excluding carboxylic acids is 1. The molecule has 1 aromatic heterocycles. The van der Waals surface area contributed by atoms with E-state index in [4.69, 9.17) is 5.26 Å². The van der Waals surface area contributed by atoms with E-state index in [1.165, 1.54) is 0 Å². The molecule has 1 aromatic carbocycles. The molecule has 0 aliphatic carbocycles. The number of rotatable bonds is 3. The second-order valence-electron chi connectivity index (χ2n) is 5.58. The van der Waals surface area contributed by atoms with Crippen LogP contribution < -0.4 is 5.32 Å². The summed E-state index contributed by atoms with van der Waals surface area (Å²) >= 11 is 0. The van der Waals surface area contributed by atoms with Gasteiger partial charge in [0.1, 0.15) is 6.33 Å². The number of anilines is 1. The molecule has 2 aromatic rings. The van der Waals surface area contributed by atoms with E-state index in [2.05, 4.69) is 16.5 Å². The molecular weight excluding hydrogens is 278 g/mol. The smallest absolute Gasteiger partial charge is 0.230 e. The molecule has 1 amide bonds. The van der Waals surface area contributed by atoms with Crippen molar-refractivity contribution >= 4 is 11.7 Å². The van der Waals surface area contributed by atoms with Crippen LogP contribution >= 0.6 is 0 Å². The monoisotopic (exact) mass is 295 g/mol. The second-order valence-corrected chi connectivity index (χ2v) is 5.58. The van der Waals surface area contributed by atoms with E-state index in [0.717, 1.165) is 5.69 Å². The maximum Gasteiger partial charge on any atom is 0.230 e. The Labute approximate surface area is 129 Å². The molecule has 112 valence electrons. The van der Waals surface area contributed by atoms with Gasteiger partial charge in [-0.25, -0.2) is 4.98 Å². The highest BCUT2D eigenvalue weighted by Crippen LogP contribution is 2.23. The lowest BCUT2D eigenvalue weighted by Gasteiger charge is -2.12. The molecular formula is C16H17N5O. The summed E-state index contributed by atoms with van der Waals surface area (Å²) in [5, 5.41) is 11.8. The minimum atomic E-state index is -0.179. The van der Waals surface area contributed by atoms with Gasteiger partial charge in [-0.05, 0) is 18.1 Å². The van der Waals surface area contributed by atoms with Gasteiger partial charge in [-0.2, -0.15) is 5.26 Å².